The molecule has 4 N–H and O–H groups in total. The van der Waals surface area contributed by atoms with Gasteiger partial charge in [-0.25, -0.2) is 0 Å². The molecule has 0 rings (SSSR count). The van der Waals surface area contributed by atoms with Gasteiger partial charge in [-0.05, 0) is 12.8 Å². The van der Waals surface area contributed by atoms with Gasteiger partial charge in [-0.2, -0.15) is 0 Å². The average molecular weight is 626 g/mol. The maximum absolute atomic E-state index is 12.4. The predicted molar refractivity (Wildman–Crippen MR) is 190 cm³/mol. The van der Waals surface area contributed by atoms with Gasteiger partial charge in [0.15, 0.2) is 0 Å². The molecule has 0 spiro atoms. The smallest absolute Gasteiger partial charge is 0.249 e. The summed E-state index contributed by atoms with van der Waals surface area (Å²) < 4.78 is 0. The summed E-state index contributed by atoms with van der Waals surface area (Å²) in [7, 11) is 0. The Morgan fingerprint density at radius 2 is 0.727 bits per heavy atom. The van der Waals surface area contributed by atoms with Crippen LogP contribution in [-0.4, -0.2) is 46.1 Å². The standard InChI is InChI=1S/C39H79NO4/c1-3-5-7-9-11-13-15-16-17-18-19-20-21-22-24-26-28-30-32-34-38(43)39(44)40-36(35-41)37(42)33-31-29-27-25-23-14-12-10-8-6-4-2/h36-38,41-43H,3-35H2,1-2H3,(H,40,44). The molecular weight excluding hydrogens is 546 g/mol. The van der Waals surface area contributed by atoms with E-state index in [1.165, 1.54) is 161 Å². The van der Waals surface area contributed by atoms with Crippen molar-refractivity contribution in [1.29, 1.82) is 0 Å². The summed E-state index contributed by atoms with van der Waals surface area (Å²) in [6.07, 6.45) is 38.1. The Bertz CT molecular complexity index is 572. The lowest BCUT2D eigenvalue weighted by atomic mass is 10.0. The fraction of sp³-hybridized carbons (Fsp3) is 0.974. The second kappa shape index (κ2) is 35.2. The van der Waals surface area contributed by atoms with Crippen LogP contribution in [0.4, 0.5) is 0 Å². The van der Waals surface area contributed by atoms with Crippen LogP contribution in [-0.2, 0) is 4.79 Å². The van der Waals surface area contributed by atoms with E-state index in [2.05, 4.69) is 19.2 Å². The summed E-state index contributed by atoms with van der Waals surface area (Å²) in [6, 6.07) is -0.703. The lowest BCUT2D eigenvalue weighted by Crippen LogP contribution is -2.49. The molecule has 0 aromatic rings. The zero-order valence-corrected chi connectivity index (χ0v) is 29.8. The second-order valence-corrected chi connectivity index (χ2v) is 13.9. The zero-order valence-electron chi connectivity index (χ0n) is 29.8. The molecule has 5 nitrogen and oxygen atoms in total. The molecule has 3 atom stereocenters. The third kappa shape index (κ3) is 30.0. The molecule has 3 unspecified atom stereocenters. The molecule has 264 valence electrons. The molecular formula is C39H79NO4. The molecule has 44 heavy (non-hydrogen) atoms. The van der Waals surface area contributed by atoms with Gasteiger partial charge in [-0.3, -0.25) is 4.79 Å². The van der Waals surface area contributed by atoms with E-state index in [1.807, 2.05) is 0 Å². The van der Waals surface area contributed by atoms with E-state index < -0.39 is 24.2 Å². The van der Waals surface area contributed by atoms with Crippen molar-refractivity contribution in [3.05, 3.63) is 0 Å². The molecule has 0 aliphatic rings. The summed E-state index contributed by atoms with van der Waals surface area (Å²) in [5.74, 6) is -0.468. The van der Waals surface area contributed by atoms with Crippen LogP contribution in [0.25, 0.3) is 0 Å². The topological polar surface area (TPSA) is 89.8 Å². The first-order valence-corrected chi connectivity index (χ1v) is 19.8. The lowest BCUT2D eigenvalue weighted by Gasteiger charge is -2.23. The van der Waals surface area contributed by atoms with Crippen LogP contribution in [0.2, 0.25) is 0 Å². The van der Waals surface area contributed by atoms with E-state index in [1.54, 1.807) is 0 Å². The minimum atomic E-state index is -1.07. The van der Waals surface area contributed by atoms with Crippen LogP contribution in [0.3, 0.4) is 0 Å². The summed E-state index contributed by atoms with van der Waals surface area (Å²) in [6.45, 7) is 4.22. The van der Waals surface area contributed by atoms with E-state index >= 15 is 0 Å². The predicted octanol–water partition coefficient (Wildman–Crippen LogP) is 10.7. The minimum Gasteiger partial charge on any atom is -0.394 e. The van der Waals surface area contributed by atoms with E-state index in [9.17, 15) is 20.1 Å². The van der Waals surface area contributed by atoms with Gasteiger partial charge in [0, 0.05) is 0 Å². The Labute approximate surface area is 275 Å². The molecule has 0 saturated heterocycles. The van der Waals surface area contributed by atoms with Crippen molar-refractivity contribution in [2.75, 3.05) is 6.61 Å². The van der Waals surface area contributed by atoms with Crippen LogP contribution >= 0.6 is 0 Å². The van der Waals surface area contributed by atoms with Crippen molar-refractivity contribution in [3.63, 3.8) is 0 Å². The van der Waals surface area contributed by atoms with Crippen LogP contribution < -0.4 is 5.32 Å². The first-order valence-electron chi connectivity index (χ1n) is 19.8. The highest BCUT2D eigenvalue weighted by Crippen LogP contribution is 2.16. The first-order chi connectivity index (χ1) is 21.6. The normalized spacial score (nSPS) is 13.7. The van der Waals surface area contributed by atoms with E-state index in [-0.39, 0.29) is 6.61 Å². The Balaban J connectivity index is 3.59. The molecule has 5 heteroatoms. The largest absolute Gasteiger partial charge is 0.394 e. The molecule has 0 aliphatic carbocycles. The van der Waals surface area contributed by atoms with Crippen molar-refractivity contribution in [2.24, 2.45) is 0 Å². The maximum atomic E-state index is 12.4. The molecule has 0 radical (unpaired) electrons. The van der Waals surface area contributed by atoms with E-state index in [4.69, 9.17) is 0 Å². The summed E-state index contributed by atoms with van der Waals surface area (Å²) in [5.41, 5.74) is 0. The minimum absolute atomic E-state index is 0.309. The number of hydrogen-bond acceptors (Lipinski definition) is 4. The average Bonchev–Trinajstić information content (AvgIpc) is 3.03. The number of nitrogens with one attached hydrogen (secondary N) is 1. The van der Waals surface area contributed by atoms with Crippen molar-refractivity contribution in [3.8, 4) is 0 Å². The molecule has 0 saturated carbocycles. The molecule has 0 bridgehead atoms. The van der Waals surface area contributed by atoms with Gasteiger partial charge in [-0.15, -0.1) is 0 Å². The number of aliphatic hydroxyl groups is 3. The molecule has 0 aromatic heterocycles. The van der Waals surface area contributed by atoms with Crippen molar-refractivity contribution < 1.29 is 20.1 Å². The SMILES string of the molecule is CCCCCCCCCCCCCCCCCCCCCC(O)C(=O)NC(CO)C(O)CCCCCCCCCCCCC. The first kappa shape index (κ1) is 43.4. The Hall–Kier alpha value is -0.650. The summed E-state index contributed by atoms with van der Waals surface area (Å²) >= 11 is 0. The van der Waals surface area contributed by atoms with Crippen LogP contribution in [0, 0.1) is 0 Å². The maximum Gasteiger partial charge on any atom is 0.249 e. The molecule has 1 amide bonds. The van der Waals surface area contributed by atoms with E-state index in [0.29, 0.717) is 12.8 Å². The molecule has 0 fully saturated rings. The number of amides is 1. The zero-order chi connectivity index (χ0) is 32.4. The molecule has 0 heterocycles. The highest BCUT2D eigenvalue weighted by molar-refractivity contribution is 5.80. The van der Waals surface area contributed by atoms with Gasteiger partial charge >= 0.3 is 0 Å². The van der Waals surface area contributed by atoms with Crippen LogP contribution in [0.15, 0.2) is 0 Å². The van der Waals surface area contributed by atoms with Gasteiger partial charge in [-0.1, -0.05) is 206 Å². The number of rotatable bonds is 36. The fourth-order valence-corrected chi connectivity index (χ4v) is 6.31. The van der Waals surface area contributed by atoms with E-state index in [0.717, 1.165) is 32.1 Å². The van der Waals surface area contributed by atoms with Gasteiger partial charge in [0.1, 0.15) is 6.10 Å². The van der Waals surface area contributed by atoms with Gasteiger partial charge in [0.05, 0.1) is 18.8 Å². The Kier molecular flexibility index (Phi) is 34.7. The number of hydrogen-bond donors (Lipinski definition) is 4. The third-order valence-corrected chi connectivity index (χ3v) is 9.48. The number of aliphatic hydroxyl groups excluding tert-OH is 3. The number of unbranched alkanes of at least 4 members (excludes halogenated alkanes) is 28. The molecule has 0 aliphatic heterocycles. The van der Waals surface area contributed by atoms with Crippen molar-refractivity contribution in [1.82, 2.24) is 5.32 Å². The van der Waals surface area contributed by atoms with Gasteiger partial charge < -0.3 is 20.6 Å². The van der Waals surface area contributed by atoms with Crippen LogP contribution in [0.1, 0.15) is 219 Å². The third-order valence-electron chi connectivity index (χ3n) is 9.48. The number of carbonyl (C=O) groups is 1. The fourth-order valence-electron chi connectivity index (χ4n) is 6.31. The second-order valence-electron chi connectivity index (χ2n) is 13.9. The quantitative estimate of drug-likeness (QED) is 0.0521. The number of carbonyl (C=O) groups excluding carboxylic acids is 1. The van der Waals surface area contributed by atoms with Crippen LogP contribution in [0.5, 0.6) is 0 Å². The summed E-state index contributed by atoms with van der Waals surface area (Å²) in [4.78, 5) is 12.4. The lowest BCUT2D eigenvalue weighted by molar-refractivity contribution is -0.131. The Morgan fingerprint density at radius 3 is 1.02 bits per heavy atom. The van der Waals surface area contributed by atoms with Crippen molar-refractivity contribution >= 4 is 5.91 Å². The van der Waals surface area contributed by atoms with Crippen molar-refractivity contribution in [2.45, 2.75) is 238 Å². The van der Waals surface area contributed by atoms with Gasteiger partial charge in [0.25, 0.3) is 0 Å². The van der Waals surface area contributed by atoms with Gasteiger partial charge in [0.2, 0.25) is 5.91 Å². The summed E-state index contributed by atoms with van der Waals surface area (Å²) in [5, 5.41) is 33.1. The monoisotopic (exact) mass is 626 g/mol. The highest BCUT2D eigenvalue weighted by Gasteiger charge is 2.23. The Morgan fingerprint density at radius 1 is 0.455 bits per heavy atom. The molecule has 0 aromatic carbocycles. The highest BCUT2D eigenvalue weighted by atomic mass is 16.3.